The maximum Gasteiger partial charge on any atom is 0.119 e. The molecular formula is C14H18N2O. The Morgan fingerprint density at radius 3 is 2.53 bits per heavy atom. The van der Waals surface area contributed by atoms with Gasteiger partial charge in [0.05, 0.1) is 6.61 Å². The molecule has 3 heteroatoms. The summed E-state index contributed by atoms with van der Waals surface area (Å²) in [5.74, 6) is 1.12. The molecule has 1 aromatic carbocycles. The number of rotatable bonds is 5. The van der Waals surface area contributed by atoms with Gasteiger partial charge in [0.25, 0.3) is 0 Å². The Bertz CT molecular complexity index is 434. The summed E-state index contributed by atoms with van der Waals surface area (Å²) in [6.45, 7) is 3.26. The number of hydrogen-bond donors (Lipinski definition) is 2. The van der Waals surface area contributed by atoms with E-state index in [1.54, 1.807) is 0 Å². The quantitative estimate of drug-likeness (QED) is 0.829. The number of aromatic nitrogens is 1. The van der Waals surface area contributed by atoms with Crippen molar-refractivity contribution in [3.63, 3.8) is 0 Å². The zero-order valence-electron chi connectivity index (χ0n) is 10.0. The van der Waals surface area contributed by atoms with Gasteiger partial charge in [-0.2, -0.15) is 0 Å². The van der Waals surface area contributed by atoms with E-state index in [4.69, 9.17) is 10.5 Å². The monoisotopic (exact) mass is 230 g/mol. The molecule has 0 bridgehead atoms. The van der Waals surface area contributed by atoms with E-state index in [0.29, 0.717) is 13.2 Å². The summed E-state index contributed by atoms with van der Waals surface area (Å²) in [5, 5.41) is 0. The lowest BCUT2D eigenvalue weighted by atomic mass is 9.96. The van der Waals surface area contributed by atoms with Gasteiger partial charge in [0.15, 0.2) is 0 Å². The predicted molar refractivity (Wildman–Crippen MR) is 69.3 cm³/mol. The number of H-pyrrole nitrogens is 1. The SMILES string of the molecule is CCOc1ccc(C(CN)c2ccc[nH]2)cc1. The van der Waals surface area contributed by atoms with Gasteiger partial charge in [-0.15, -0.1) is 0 Å². The first-order valence-corrected chi connectivity index (χ1v) is 5.91. The largest absolute Gasteiger partial charge is 0.494 e. The van der Waals surface area contributed by atoms with Gasteiger partial charge < -0.3 is 15.5 Å². The van der Waals surface area contributed by atoms with Crippen LogP contribution in [0.3, 0.4) is 0 Å². The van der Waals surface area contributed by atoms with Gasteiger partial charge in [-0.3, -0.25) is 0 Å². The van der Waals surface area contributed by atoms with E-state index in [9.17, 15) is 0 Å². The van der Waals surface area contributed by atoms with Crippen LogP contribution in [0.25, 0.3) is 0 Å². The second kappa shape index (κ2) is 5.55. The molecule has 0 saturated carbocycles. The molecule has 1 atom stereocenters. The van der Waals surface area contributed by atoms with Gasteiger partial charge in [-0.05, 0) is 36.8 Å². The second-order valence-electron chi connectivity index (χ2n) is 3.92. The Morgan fingerprint density at radius 1 is 1.24 bits per heavy atom. The summed E-state index contributed by atoms with van der Waals surface area (Å²) < 4.78 is 5.43. The third kappa shape index (κ3) is 2.68. The zero-order chi connectivity index (χ0) is 12.1. The molecule has 2 aromatic rings. The van der Waals surface area contributed by atoms with Crippen LogP contribution in [0, 0.1) is 0 Å². The Balaban J connectivity index is 2.20. The highest BCUT2D eigenvalue weighted by Gasteiger charge is 2.12. The molecule has 0 aliphatic rings. The fourth-order valence-electron chi connectivity index (χ4n) is 1.97. The van der Waals surface area contributed by atoms with E-state index < -0.39 is 0 Å². The lowest BCUT2D eigenvalue weighted by Crippen LogP contribution is -2.14. The van der Waals surface area contributed by atoms with E-state index in [1.165, 1.54) is 5.56 Å². The molecule has 0 amide bonds. The summed E-state index contributed by atoms with van der Waals surface area (Å²) in [5.41, 5.74) is 8.20. The van der Waals surface area contributed by atoms with Crippen molar-refractivity contribution in [1.82, 2.24) is 4.98 Å². The van der Waals surface area contributed by atoms with Crippen LogP contribution in [0.1, 0.15) is 24.1 Å². The van der Waals surface area contributed by atoms with Crippen LogP contribution in [-0.4, -0.2) is 18.1 Å². The van der Waals surface area contributed by atoms with Crippen molar-refractivity contribution in [3.8, 4) is 5.75 Å². The Hall–Kier alpha value is -1.74. The van der Waals surface area contributed by atoms with Gasteiger partial charge >= 0.3 is 0 Å². The van der Waals surface area contributed by atoms with E-state index in [0.717, 1.165) is 11.4 Å². The summed E-state index contributed by atoms with van der Waals surface area (Å²) in [6, 6.07) is 12.2. The van der Waals surface area contributed by atoms with Crippen molar-refractivity contribution in [2.75, 3.05) is 13.2 Å². The standard InChI is InChI=1S/C14H18N2O/c1-2-17-12-7-5-11(6-8-12)13(10-15)14-4-3-9-16-14/h3-9,13,16H,2,10,15H2,1H3. The van der Waals surface area contributed by atoms with Gasteiger partial charge in [0.2, 0.25) is 0 Å². The average molecular weight is 230 g/mol. The minimum atomic E-state index is 0.223. The number of benzene rings is 1. The lowest BCUT2D eigenvalue weighted by molar-refractivity contribution is 0.340. The summed E-state index contributed by atoms with van der Waals surface area (Å²) >= 11 is 0. The highest BCUT2D eigenvalue weighted by molar-refractivity contribution is 5.34. The maximum absolute atomic E-state index is 5.84. The molecule has 1 aromatic heterocycles. The third-order valence-corrected chi connectivity index (χ3v) is 2.83. The lowest BCUT2D eigenvalue weighted by Gasteiger charge is -2.14. The molecule has 0 aliphatic carbocycles. The van der Waals surface area contributed by atoms with Gasteiger partial charge in [-0.25, -0.2) is 0 Å². The summed E-state index contributed by atoms with van der Waals surface area (Å²) in [6.07, 6.45) is 1.92. The third-order valence-electron chi connectivity index (χ3n) is 2.83. The van der Waals surface area contributed by atoms with Crippen LogP contribution in [-0.2, 0) is 0 Å². The minimum Gasteiger partial charge on any atom is -0.494 e. The number of nitrogens with one attached hydrogen (secondary N) is 1. The molecule has 0 radical (unpaired) electrons. The molecular weight excluding hydrogens is 212 g/mol. The first-order chi connectivity index (χ1) is 8.35. The topological polar surface area (TPSA) is 51.0 Å². The zero-order valence-corrected chi connectivity index (χ0v) is 10.0. The Morgan fingerprint density at radius 2 is 2.00 bits per heavy atom. The summed E-state index contributed by atoms with van der Waals surface area (Å²) in [7, 11) is 0. The van der Waals surface area contributed by atoms with E-state index in [2.05, 4.69) is 23.2 Å². The number of nitrogens with two attached hydrogens (primary N) is 1. The molecule has 1 heterocycles. The number of aromatic amines is 1. The molecule has 1 unspecified atom stereocenters. The minimum absolute atomic E-state index is 0.223. The van der Waals surface area contributed by atoms with E-state index in [1.807, 2.05) is 31.3 Å². The molecule has 3 N–H and O–H groups in total. The molecule has 0 aliphatic heterocycles. The van der Waals surface area contributed by atoms with Crippen LogP contribution >= 0.6 is 0 Å². The van der Waals surface area contributed by atoms with Gasteiger partial charge in [0.1, 0.15) is 5.75 Å². The van der Waals surface area contributed by atoms with Crippen LogP contribution in [0.2, 0.25) is 0 Å². The fraction of sp³-hybridized carbons (Fsp3) is 0.286. The molecule has 0 saturated heterocycles. The first-order valence-electron chi connectivity index (χ1n) is 5.91. The van der Waals surface area contributed by atoms with Crippen LogP contribution in [0.15, 0.2) is 42.6 Å². The molecule has 17 heavy (non-hydrogen) atoms. The smallest absolute Gasteiger partial charge is 0.119 e. The average Bonchev–Trinajstić information content (AvgIpc) is 2.86. The molecule has 0 fully saturated rings. The molecule has 90 valence electrons. The fourth-order valence-corrected chi connectivity index (χ4v) is 1.97. The maximum atomic E-state index is 5.84. The van der Waals surface area contributed by atoms with Crippen LogP contribution < -0.4 is 10.5 Å². The number of ether oxygens (including phenoxy) is 1. The Kier molecular flexibility index (Phi) is 3.83. The molecule has 3 nitrogen and oxygen atoms in total. The normalized spacial score (nSPS) is 12.4. The van der Waals surface area contributed by atoms with Gasteiger partial charge in [0, 0.05) is 24.4 Å². The molecule has 2 rings (SSSR count). The highest BCUT2D eigenvalue weighted by Crippen LogP contribution is 2.24. The summed E-state index contributed by atoms with van der Waals surface area (Å²) in [4.78, 5) is 3.22. The Labute approximate surface area is 102 Å². The number of hydrogen-bond acceptors (Lipinski definition) is 2. The van der Waals surface area contributed by atoms with E-state index in [-0.39, 0.29) is 5.92 Å². The van der Waals surface area contributed by atoms with Crippen molar-refractivity contribution in [1.29, 1.82) is 0 Å². The first kappa shape index (κ1) is 11.7. The van der Waals surface area contributed by atoms with Crippen LogP contribution in [0.4, 0.5) is 0 Å². The van der Waals surface area contributed by atoms with Crippen molar-refractivity contribution >= 4 is 0 Å². The van der Waals surface area contributed by atoms with E-state index >= 15 is 0 Å². The van der Waals surface area contributed by atoms with Crippen molar-refractivity contribution in [2.45, 2.75) is 12.8 Å². The van der Waals surface area contributed by atoms with Crippen molar-refractivity contribution in [2.24, 2.45) is 5.73 Å². The molecule has 0 spiro atoms. The predicted octanol–water partition coefficient (Wildman–Crippen LogP) is 2.50. The highest BCUT2D eigenvalue weighted by atomic mass is 16.5. The van der Waals surface area contributed by atoms with Gasteiger partial charge in [-0.1, -0.05) is 12.1 Å². The van der Waals surface area contributed by atoms with Crippen molar-refractivity contribution < 1.29 is 4.74 Å². The second-order valence-corrected chi connectivity index (χ2v) is 3.92. The van der Waals surface area contributed by atoms with Crippen molar-refractivity contribution in [3.05, 3.63) is 53.9 Å². The van der Waals surface area contributed by atoms with Crippen LogP contribution in [0.5, 0.6) is 5.75 Å².